The van der Waals surface area contributed by atoms with E-state index in [9.17, 15) is 4.79 Å². The van der Waals surface area contributed by atoms with Crippen LogP contribution in [0.4, 0.5) is 0 Å². The lowest BCUT2D eigenvalue weighted by Gasteiger charge is -2.37. The van der Waals surface area contributed by atoms with Gasteiger partial charge in [0.15, 0.2) is 5.69 Å². The molecule has 1 amide bonds. The van der Waals surface area contributed by atoms with E-state index in [0.717, 1.165) is 37.2 Å². The minimum Gasteiger partial charge on any atom is -0.384 e. The van der Waals surface area contributed by atoms with Crippen molar-refractivity contribution in [3.8, 4) is 0 Å². The van der Waals surface area contributed by atoms with Gasteiger partial charge in [-0.2, -0.15) is 5.10 Å². The molecule has 0 spiro atoms. The van der Waals surface area contributed by atoms with Crippen LogP contribution in [-0.4, -0.2) is 49.5 Å². The van der Waals surface area contributed by atoms with Crippen LogP contribution in [0.2, 0.25) is 0 Å². The molecule has 1 saturated heterocycles. The molecular formula is C14H24N4O2. The summed E-state index contributed by atoms with van der Waals surface area (Å²) in [4.78, 5) is 12.2. The second-order valence-corrected chi connectivity index (χ2v) is 5.69. The molecule has 0 unspecified atom stereocenters. The predicted molar refractivity (Wildman–Crippen MR) is 76.8 cm³/mol. The molecule has 1 aliphatic rings. The van der Waals surface area contributed by atoms with E-state index in [0.29, 0.717) is 18.8 Å². The first-order chi connectivity index (χ1) is 9.58. The van der Waals surface area contributed by atoms with Gasteiger partial charge in [-0.05, 0) is 39.8 Å². The first kappa shape index (κ1) is 15.0. The number of methoxy groups -OCH3 is 1. The zero-order valence-electron chi connectivity index (χ0n) is 12.5. The van der Waals surface area contributed by atoms with Crippen molar-refractivity contribution < 1.29 is 9.53 Å². The van der Waals surface area contributed by atoms with Gasteiger partial charge in [0.2, 0.25) is 0 Å². The van der Waals surface area contributed by atoms with Crippen molar-refractivity contribution in [3.63, 3.8) is 0 Å². The molecule has 6 nitrogen and oxygen atoms in total. The van der Waals surface area contributed by atoms with Crippen LogP contribution in [0.1, 0.15) is 34.6 Å². The lowest BCUT2D eigenvalue weighted by atomic mass is 9.79. The highest BCUT2D eigenvalue weighted by Gasteiger charge is 2.32. The van der Waals surface area contributed by atoms with E-state index < -0.39 is 0 Å². The standard InChI is InChI=1S/C14H24N4O2/c1-10-11(2)17-18-12(10)13(19)16-8-14(9-20-3)4-6-15-7-5-14/h15H,4-9H2,1-3H3,(H,16,19)(H,17,18). The summed E-state index contributed by atoms with van der Waals surface area (Å²) in [7, 11) is 1.72. The van der Waals surface area contributed by atoms with Crippen molar-refractivity contribution in [2.45, 2.75) is 26.7 Å². The van der Waals surface area contributed by atoms with Gasteiger partial charge in [-0.15, -0.1) is 0 Å². The lowest BCUT2D eigenvalue weighted by Crippen LogP contribution is -2.47. The number of rotatable bonds is 5. The van der Waals surface area contributed by atoms with E-state index in [1.165, 1.54) is 0 Å². The number of amides is 1. The van der Waals surface area contributed by atoms with Crippen molar-refractivity contribution in [3.05, 3.63) is 17.0 Å². The molecule has 1 aliphatic heterocycles. The Morgan fingerprint density at radius 2 is 2.10 bits per heavy atom. The Balaban J connectivity index is 1.98. The van der Waals surface area contributed by atoms with E-state index in [-0.39, 0.29) is 11.3 Å². The van der Waals surface area contributed by atoms with Crippen LogP contribution >= 0.6 is 0 Å². The van der Waals surface area contributed by atoms with Gasteiger partial charge in [0, 0.05) is 30.3 Å². The second kappa shape index (κ2) is 6.37. The van der Waals surface area contributed by atoms with Crippen LogP contribution in [0.15, 0.2) is 0 Å². The Morgan fingerprint density at radius 3 is 2.65 bits per heavy atom. The Hall–Kier alpha value is -1.40. The summed E-state index contributed by atoms with van der Waals surface area (Å²) in [5.74, 6) is -0.110. The highest BCUT2D eigenvalue weighted by molar-refractivity contribution is 5.93. The lowest BCUT2D eigenvalue weighted by molar-refractivity contribution is 0.0510. The number of piperidine rings is 1. The van der Waals surface area contributed by atoms with Crippen molar-refractivity contribution >= 4 is 5.91 Å². The minimum atomic E-state index is -0.110. The molecule has 1 aromatic rings. The Bertz CT molecular complexity index is 458. The van der Waals surface area contributed by atoms with Gasteiger partial charge in [-0.3, -0.25) is 9.89 Å². The number of aromatic amines is 1. The Labute approximate surface area is 119 Å². The van der Waals surface area contributed by atoms with Crippen molar-refractivity contribution in [2.24, 2.45) is 5.41 Å². The monoisotopic (exact) mass is 280 g/mol. The summed E-state index contributed by atoms with van der Waals surface area (Å²) in [6.07, 6.45) is 2.03. The molecule has 0 aliphatic carbocycles. The molecule has 2 rings (SSSR count). The van der Waals surface area contributed by atoms with Gasteiger partial charge in [0.1, 0.15) is 0 Å². The third-order valence-corrected chi connectivity index (χ3v) is 4.21. The van der Waals surface area contributed by atoms with Crippen LogP contribution in [0.5, 0.6) is 0 Å². The molecule has 1 aromatic heterocycles. The SMILES string of the molecule is COCC1(CNC(=O)c2n[nH]c(C)c2C)CCNCC1. The minimum absolute atomic E-state index is 0.0366. The highest BCUT2D eigenvalue weighted by Crippen LogP contribution is 2.28. The number of carbonyl (C=O) groups is 1. The van der Waals surface area contributed by atoms with Gasteiger partial charge in [-0.25, -0.2) is 0 Å². The molecule has 0 atom stereocenters. The Morgan fingerprint density at radius 1 is 1.40 bits per heavy atom. The van der Waals surface area contributed by atoms with E-state index in [1.54, 1.807) is 7.11 Å². The summed E-state index contributed by atoms with van der Waals surface area (Å²) < 4.78 is 5.35. The van der Waals surface area contributed by atoms with Crippen LogP contribution in [0.25, 0.3) is 0 Å². The molecular weight excluding hydrogens is 256 g/mol. The van der Waals surface area contributed by atoms with E-state index >= 15 is 0 Å². The molecule has 6 heteroatoms. The number of nitrogens with zero attached hydrogens (tertiary/aromatic N) is 1. The highest BCUT2D eigenvalue weighted by atomic mass is 16.5. The number of aromatic nitrogens is 2. The van der Waals surface area contributed by atoms with Gasteiger partial charge < -0.3 is 15.4 Å². The molecule has 0 saturated carbocycles. The van der Waals surface area contributed by atoms with Crippen molar-refractivity contribution in [1.82, 2.24) is 20.8 Å². The number of carbonyl (C=O) groups excluding carboxylic acids is 1. The molecule has 0 radical (unpaired) electrons. The first-order valence-electron chi connectivity index (χ1n) is 7.07. The predicted octanol–water partition coefficient (Wildman–Crippen LogP) is 0.773. The Kier molecular flexibility index (Phi) is 4.77. The van der Waals surface area contributed by atoms with Crippen molar-refractivity contribution in [1.29, 1.82) is 0 Å². The van der Waals surface area contributed by atoms with Gasteiger partial charge >= 0.3 is 0 Å². The number of aryl methyl sites for hydroxylation is 1. The zero-order chi connectivity index (χ0) is 14.6. The first-order valence-corrected chi connectivity index (χ1v) is 7.07. The van der Waals surface area contributed by atoms with E-state index in [1.807, 2.05) is 13.8 Å². The summed E-state index contributed by atoms with van der Waals surface area (Å²) >= 11 is 0. The maximum absolute atomic E-state index is 12.2. The van der Waals surface area contributed by atoms with Crippen LogP contribution < -0.4 is 10.6 Å². The summed E-state index contributed by atoms with van der Waals surface area (Å²) in [6.45, 7) is 7.07. The van der Waals surface area contributed by atoms with E-state index in [2.05, 4.69) is 20.8 Å². The number of hydrogen-bond donors (Lipinski definition) is 3. The van der Waals surface area contributed by atoms with Crippen molar-refractivity contribution in [2.75, 3.05) is 33.4 Å². The largest absolute Gasteiger partial charge is 0.384 e. The quantitative estimate of drug-likeness (QED) is 0.744. The van der Waals surface area contributed by atoms with Gasteiger partial charge in [-0.1, -0.05) is 0 Å². The van der Waals surface area contributed by atoms with E-state index in [4.69, 9.17) is 4.74 Å². The fourth-order valence-electron chi connectivity index (χ4n) is 2.69. The van der Waals surface area contributed by atoms with Gasteiger partial charge in [0.05, 0.1) is 6.61 Å². The summed E-state index contributed by atoms with van der Waals surface area (Å²) in [5.41, 5.74) is 2.37. The maximum atomic E-state index is 12.2. The van der Waals surface area contributed by atoms with Gasteiger partial charge in [0.25, 0.3) is 5.91 Å². The molecule has 2 heterocycles. The molecule has 112 valence electrons. The molecule has 20 heavy (non-hydrogen) atoms. The van der Waals surface area contributed by atoms with Crippen LogP contribution in [0.3, 0.4) is 0 Å². The number of ether oxygens (including phenoxy) is 1. The third kappa shape index (κ3) is 3.19. The number of hydrogen-bond acceptors (Lipinski definition) is 4. The topological polar surface area (TPSA) is 79.0 Å². The fourth-order valence-corrected chi connectivity index (χ4v) is 2.69. The zero-order valence-corrected chi connectivity index (χ0v) is 12.5. The van der Waals surface area contributed by atoms with Crippen LogP contribution in [-0.2, 0) is 4.74 Å². The number of H-pyrrole nitrogens is 1. The summed E-state index contributed by atoms with van der Waals surface area (Å²) in [6, 6.07) is 0. The normalized spacial score (nSPS) is 17.9. The fraction of sp³-hybridized carbons (Fsp3) is 0.714. The van der Waals surface area contributed by atoms with Crippen LogP contribution in [0, 0.1) is 19.3 Å². The average Bonchev–Trinajstić information content (AvgIpc) is 2.78. The third-order valence-electron chi connectivity index (χ3n) is 4.21. The molecule has 1 fully saturated rings. The number of nitrogens with one attached hydrogen (secondary N) is 3. The molecule has 0 bridgehead atoms. The molecule has 0 aromatic carbocycles. The maximum Gasteiger partial charge on any atom is 0.272 e. The molecule has 3 N–H and O–H groups in total. The second-order valence-electron chi connectivity index (χ2n) is 5.69. The average molecular weight is 280 g/mol. The smallest absolute Gasteiger partial charge is 0.272 e. The summed E-state index contributed by atoms with van der Waals surface area (Å²) in [5, 5.41) is 13.3.